The van der Waals surface area contributed by atoms with Crippen molar-refractivity contribution < 1.29 is 14.2 Å². The Kier molecular flexibility index (Phi) is 6.07. The molecule has 0 aliphatic rings. The van der Waals surface area contributed by atoms with E-state index in [-0.39, 0.29) is 0 Å². The molecule has 0 unspecified atom stereocenters. The first-order valence-corrected chi connectivity index (χ1v) is 9.87. The Hall–Kier alpha value is -4.27. The average molecular weight is 432 g/mol. The monoisotopic (exact) mass is 432 g/mol. The van der Waals surface area contributed by atoms with Crippen molar-refractivity contribution >= 4 is 23.1 Å². The summed E-state index contributed by atoms with van der Waals surface area (Å²) >= 11 is 0. The third-order valence-corrected chi connectivity index (χ3v) is 4.75. The quantitative estimate of drug-likeness (QED) is 0.423. The van der Waals surface area contributed by atoms with Gasteiger partial charge in [-0.05, 0) is 24.3 Å². The first kappa shape index (κ1) is 21.0. The summed E-state index contributed by atoms with van der Waals surface area (Å²) in [7, 11) is 6.68. The summed E-state index contributed by atoms with van der Waals surface area (Å²) in [6.45, 7) is 0. The maximum absolute atomic E-state index is 5.36. The number of rotatable bonds is 8. The number of ether oxygens (including phenoxy) is 3. The number of anilines is 4. The van der Waals surface area contributed by atoms with E-state index in [1.165, 1.54) is 0 Å². The first-order valence-electron chi connectivity index (χ1n) is 9.87. The third kappa shape index (κ3) is 4.56. The maximum atomic E-state index is 5.36. The molecule has 9 nitrogen and oxygen atoms in total. The van der Waals surface area contributed by atoms with Gasteiger partial charge in [-0.3, -0.25) is 0 Å². The van der Waals surface area contributed by atoms with Crippen molar-refractivity contribution in [1.29, 1.82) is 0 Å². The van der Waals surface area contributed by atoms with Gasteiger partial charge in [0.15, 0.2) is 5.82 Å². The highest BCUT2D eigenvalue weighted by Crippen LogP contribution is 2.31. The number of hydrogen-bond donors (Lipinski definition) is 2. The van der Waals surface area contributed by atoms with Crippen LogP contribution < -0.4 is 24.8 Å². The Balaban J connectivity index is 1.64. The van der Waals surface area contributed by atoms with Crippen LogP contribution in [0.5, 0.6) is 17.2 Å². The molecule has 0 aliphatic heterocycles. The second kappa shape index (κ2) is 9.25. The standard InChI is InChI=1S/C23H24N6O3/c1-29-23(26-15-7-5-8-17(11-15)30-2)27-22(28-29)20-9-6-10-24-21(20)25-16-12-18(31-3)14-19(13-16)32-4/h5-14H,1-4H3,(H,24,25)(H,26,27,28). The molecule has 0 fully saturated rings. The predicted octanol–water partition coefficient (Wildman–Crippen LogP) is 4.39. The molecule has 2 aromatic carbocycles. The van der Waals surface area contributed by atoms with E-state index in [1.807, 2.05) is 55.6 Å². The largest absolute Gasteiger partial charge is 0.497 e. The van der Waals surface area contributed by atoms with Crippen LogP contribution in [0, 0.1) is 0 Å². The summed E-state index contributed by atoms with van der Waals surface area (Å²) < 4.78 is 17.7. The molecular formula is C23H24N6O3. The molecule has 0 atom stereocenters. The van der Waals surface area contributed by atoms with E-state index >= 15 is 0 Å². The van der Waals surface area contributed by atoms with Gasteiger partial charge < -0.3 is 24.8 Å². The number of pyridine rings is 1. The number of nitrogens with one attached hydrogen (secondary N) is 2. The minimum Gasteiger partial charge on any atom is -0.497 e. The first-order chi connectivity index (χ1) is 15.6. The van der Waals surface area contributed by atoms with Crippen LogP contribution in [0.15, 0.2) is 60.8 Å². The second-order valence-corrected chi connectivity index (χ2v) is 6.87. The average Bonchev–Trinajstić information content (AvgIpc) is 3.19. The van der Waals surface area contributed by atoms with E-state index in [0.717, 1.165) is 22.7 Å². The smallest absolute Gasteiger partial charge is 0.225 e. The molecule has 0 radical (unpaired) electrons. The highest BCUT2D eigenvalue weighted by molar-refractivity contribution is 5.75. The van der Waals surface area contributed by atoms with Crippen LogP contribution in [-0.2, 0) is 7.05 Å². The van der Waals surface area contributed by atoms with Crippen molar-refractivity contribution in [3.63, 3.8) is 0 Å². The van der Waals surface area contributed by atoms with E-state index in [1.54, 1.807) is 38.3 Å². The summed E-state index contributed by atoms with van der Waals surface area (Å²) in [4.78, 5) is 9.16. The molecule has 2 N–H and O–H groups in total. The van der Waals surface area contributed by atoms with Gasteiger partial charge in [0.2, 0.25) is 5.95 Å². The zero-order valence-electron chi connectivity index (χ0n) is 18.3. The van der Waals surface area contributed by atoms with Crippen molar-refractivity contribution in [1.82, 2.24) is 19.7 Å². The van der Waals surface area contributed by atoms with Crippen LogP contribution in [0.3, 0.4) is 0 Å². The molecular weight excluding hydrogens is 408 g/mol. The molecule has 0 spiro atoms. The fourth-order valence-electron chi connectivity index (χ4n) is 3.14. The van der Waals surface area contributed by atoms with Crippen molar-refractivity contribution in [3.05, 3.63) is 60.8 Å². The number of aromatic nitrogens is 4. The SMILES string of the molecule is COc1cccc(Nc2nc(-c3cccnc3Nc3cc(OC)cc(OC)c3)nn2C)c1. The van der Waals surface area contributed by atoms with Crippen molar-refractivity contribution in [2.24, 2.45) is 7.05 Å². The highest BCUT2D eigenvalue weighted by atomic mass is 16.5. The molecule has 0 saturated heterocycles. The van der Waals surface area contributed by atoms with Crippen LogP contribution in [0.4, 0.5) is 23.1 Å². The lowest BCUT2D eigenvalue weighted by Gasteiger charge is -2.12. The van der Waals surface area contributed by atoms with E-state index in [4.69, 9.17) is 14.2 Å². The van der Waals surface area contributed by atoms with Gasteiger partial charge in [0, 0.05) is 48.9 Å². The molecule has 0 saturated carbocycles. The van der Waals surface area contributed by atoms with E-state index in [2.05, 4.69) is 25.7 Å². The van der Waals surface area contributed by atoms with Crippen LogP contribution in [0.1, 0.15) is 0 Å². The molecule has 4 rings (SSSR count). The Morgan fingerprint density at radius 2 is 1.50 bits per heavy atom. The molecule has 0 aliphatic carbocycles. The van der Waals surface area contributed by atoms with Crippen molar-refractivity contribution in [2.75, 3.05) is 32.0 Å². The number of benzene rings is 2. The molecule has 164 valence electrons. The molecule has 2 heterocycles. The lowest BCUT2D eigenvalue weighted by atomic mass is 10.2. The minimum absolute atomic E-state index is 0.531. The Morgan fingerprint density at radius 1 is 0.781 bits per heavy atom. The van der Waals surface area contributed by atoms with Gasteiger partial charge in [-0.15, -0.1) is 5.10 Å². The van der Waals surface area contributed by atoms with Crippen molar-refractivity contribution in [3.8, 4) is 28.6 Å². The summed E-state index contributed by atoms with van der Waals surface area (Å²) in [6, 6.07) is 16.9. The number of aryl methyl sites for hydroxylation is 1. The number of nitrogens with zero attached hydrogens (tertiary/aromatic N) is 4. The van der Waals surface area contributed by atoms with E-state index in [9.17, 15) is 0 Å². The Morgan fingerprint density at radius 3 is 2.22 bits per heavy atom. The van der Waals surface area contributed by atoms with E-state index < -0.39 is 0 Å². The zero-order valence-corrected chi connectivity index (χ0v) is 18.3. The van der Waals surface area contributed by atoms with Gasteiger partial charge in [-0.2, -0.15) is 4.98 Å². The number of methoxy groups -OCH3 is 3. The molecule has 0 amide bonds. The topological polar surface area (TPSA) is 95.3 Å². The van der Waals surface area contributed by atoms with Gasteiger partial charge in [-0.25, -0.2) is 9.67 Å². The van der Waals surface area contributed by atoms with Crippen LogP contribution >= 0.6 is 0 Å². The maximum Gasteiger partial charge on any atom is 0.225 e. The molecule has 0 bridgehead atoms. The number of hydrogen-bond acceptors (Lipinski definition) is 8. The molecule has 2 aromatic heterocycles. The van der Waals surface area contributed by atoms with Crippen LogP contribution in [0.25, 0.3) is 11.4 Å². The van der Waals surface area contributed by atoms with Gasteiger partial charge in [0.1, 0.15) is 23.1 Å². The lowest BCUT2D eigenvalue weighted by Crippen LogP contribution is -2.00. The zero-order chi connectivity index (χ0) is 22.5. The van der Waals surface area contributed by atoms with Gasteiger partial charge >= 0.3 is 0 Å². The fourth-order valence-corrected chi connectivity index (χ4v) is 3.14. The van der Waals surface area contributed by atoms with Gasteiger partial charge in [-0.1, -0.05) is 6.07 Å². The van der Waals surface area contributed by atoms with E-state index in [0.29, 0.717) is 29.1 Å². The summed E-state index contributed by atoms with van der Waals surface area (Å²) in [5.74, 6) is 3.83. The minimum atomic E-state index is 0.531. The summed E-state index contributed by atoms with van der Waals surface area (Å²) in [5, 5.41) is 11.2. The highest BCUT2D eigenvalue weighted by Gasteiger charge is 2.15. The summed E-state index contributed by atoms with van der Waals surface area (Å²) in [6.07, 6.45) is 1.71. The molecule has 9 heteroatoms. The van der Waals surface area contributed by atoms with Crippen molar-refractivity contribution in [2.45, 2.75) is 0 Å². The Bertz CT molecular complexity index is 1200. The van der Waals surface area contributed by atoms with Crippen LogP contribution in [-0.4, -0.2) is 41.1 Å². The van der Waals surface area contributed by atoms with Gasteiger partial charge in [0.05, 0.1) is 26.9 Å². The van der Waals surface area contributed by atoms with Crippen LogP contribution in [0.2, 0.25) is 0 Å². The fraction of sp³-hybridized carbons (Fsp3) is 0.174. The normalized spacial score (nSPS) is 10.5. The molecule has 32 heavy (non-hydrogen) atoms. The summed E-state index contributed by atoms with van der Waals surface area (Å²) in [5.41, 5.74) is 2.37. The second-order valence-electron chi connectivity index (χ2n) is 6.87. The third-order valence-electron chi connectivity index (χ3n) is 4.75. The van der Waals surface area contributed by atoms with Gasteiger partial charge in [0.25, 0.3) is 0 Å². The lowest BCUT2D eigenvalue weighted by molar-refractivity contribution is 0.395. The predicted molar refractivity (Wildman–Crippen MR) is 123 cm³/mol. The molecule has 4 aromatic rings. The Labute approximate surface area is 186 Å².